The van der Waals surface area contributed by atoms with Gasteiger partial charge in [-0.25, -0.2) is 8.42 Å². The van der Waals surface area contributed by atoms with Crippen molar-refractivity contribution in [2.45, 2.75) is 76.4 Å². The van der Waals surface area contributed by atoms with Crippen LogP contribution in [-0.4, -0.2) is 43.8 Å². The van der Waals surface area contributed by atoms with Gasteiger partial charge in [0, 0.05) is 22.6 Å². The Bertz CT molecular complexity index is 1530. The third-order valence-electron chi connectivity index (χ3n) is 7.93. The summed E-state index contributed by atoms with van der Waals surface area (Å²) in [4.78, 5) is 29.1. The van der Waals surface area contributed by atoms with Gasteiger partial charge in [0.15, 0.2) is 0 Å². The lowest BCUT2D eigenvalue weighted by atomic mass is 9.95. The van der Waals surface area contributed by atoms with Gasteiger partial charge in [-0.05, 0) is 80.6 Å². The zero-order valence-electron chi connectivity index (χ0n) is 24.1. The van der Waals surface area contributed by atoms with E-state index in [1.54, 1.807) is 55.5 Å². The van der Waals surface area contributed by atoms with Crippen LogP contribution in [-0.2, 0) is 26.2 Å². The van der Waals surface area contributed by atoms with Crippen LogP contribution in [0.25, 0.3) is 0 Å². The van der Waals surface area contributed by atoms with Crippen LogP contribution < -0.4 is 9.62 Å². The summed E-state index contributed by atoms with van der Waals surface area (Å²) in [6.45, 7) is 4.87. The molecule has 10 heteroatoms. The average Bonchev–Trinajstić information content (AvgIpc) is 2.97. The SMILES string of the molecule is Cc1cccc(N(CC(=O)N(Cc2ccc(Cl)cc2Cl)[C@@H](C)C(=O)NC2CCCCC2)S(=O)(=O)c2ccccc2)c1C. The van der Waals surface area contributed by atoms with E-state index < -0.39 is 28.5 Å². The van der Waals surface area contributed by atoms with E-state index in [4.69, 9.17) is 23.2 Å². The molecule has 0 heterocycles. The number of anilines is 1. The van der Waals surface area contributed by atoms with Crippen LogP contribution in [0.5, 0.6) is 0 Å². The van der Waals surface area contributed by atoms with Crippen LogP contribution in [0, 0.1) is 13.8 Å². The Morgan fingerprint density at radius 1 is 0.952 bits per heavy atom. The van der Waals surface area contributed by atoms with E-state index in [2.05, 4.69) is 5.32 Å². The number of nitrogens with zero attached hydrogens (tertiary/aromatic N) is 2. The number of sulfonamides is 1. The Hall–Kier alpha value is -3.07. The number of rotatable bonds is 10. The molecule has 1 atom stereocenters. The van der Waals surface area contributed by atoms with Crippen molar-refractivity contribution >= 4 is 50.7 Å². The van der Waals surface area contributed by atoms with Crippen LogP contribution in [0.2, 0.25) is 10.0 Å². The summed E-state index contributed by atoms with van der Waals surface area (Å²) in [6.07, 6.45) is 5.02. The molecule has 42 heavy (non-hydrogen) atoms. The van der Waals surface area contributed by atoms with Crippen molar-refractivity contribution in [2.75, 3.05) is 10.8 Å². The summed E-state index contributed by atoms with van der Waals surface area (Å²) in [5.41, 5.74) is 2.62. The monoisotopic (exact) mass is 629 g/mol. The molecule has 2 amide bonds. The number of carbonyl (C=O) groups excluding carboxylic acids is 2. The smallest absolute Gasteiger partial charge is 0.264 e. The Balaban J connectivity index is 1.72. The van der Waals surface area contributed by atoms with E-state index in [1.165, 1.54) is 17.0 Å². The number of aryl methyl sites for hydroxylation is 1. The van der Waals surface area contributed by atoms with Crippen molar-refractivity contribution in [3.05, 3.63) is 93.5 Å². The van der Waals surface area contributed by atoms with Crippen molar-refractivity contribution in [2.24, 2.45) is 0 Å². The van der Waals surface area contributed by atoms with Gasteiger partial charge in [-0.2, -0.15) is 0 Å². The first kappa shape index (κ1) is 31.9. The van der Waals surface area contributed by atoms with Crippen molar-refractivity contribution < 1.29 is 18.0 Å². The van der Waals surface area contributed by atoms with E-state index in [9.17, 15) is 18.0 Å². The lowest BCUT2D eigenvalue weighted by Gasteiger charge is -2.34. The minimum Gasteiger partial charge on any atom is -0.352 e. The quantitative estimate of drug-likeness (QED) is 0.271. The summed E-state index contributed by atoms with van der Waals surface area (Å²) in [6, 6.07) is 17.5. The summed E-state index contributed by atoms with van der Waals surface area (Å²) in [7, 11) is -4.14. The van der Waals surface area contributed by atoms with Gasteiger partial charge in [-0.15, -0.1) is 0 Å². The lowest BCUT2D eigenvalue weighted by Crippen LogP contribution is -2.53. The van der Waals surface area contributed by atoms with Gasteiger partial charge >= 0.3 is 0 Å². The number of hydrogen-bond donors (Lipinski definition) is 1. The summed E-state index contributed by atoms with van der Waals surface area (Å²) in [5.74, 6) is -0.822. The zero-order valence-corrected chi connectivity index (χ0v) is 26.5. The van der Waals surface area contributed by atoms with Gasteiger partial charge in [0.25, 0.3) is 10.0 Å². The molecule has 0 radical (unpaired) electrons. The molecule has 0 aromatic heterocycles. The third-order valence-corrected chi connectivity index (χ3v) is 10.3. The molecule has 4 rings (SSSR count). The van der Waals surface area contributed by atoms with Gasteiger partial charge in [0.1, 0.15) is 12.6 Å². The Kier molecular flexibility index (Phi) is 10.6. The second-order valence-corrected chi connectivity index (χ2v) is 13.5. The molecule has 1 N–H and O–H groups in total. The summed E-state index contributed by atoms with van der Waals surface area (Å²) >= 11 is 12.6. The van der Waals surface area contributed by atoms with Gasteiger partial charge in [0.2, 0.25) is 11.8 Å². The first-order chi connectivity index (χ1) is 20.0. The largest absolute Gasteiger partial charge is 0.352 e. The van der Waals surface area contributed by atoms with Crippen LogP contribution in [0.15, 0.2) is 71.6 Å². The third kappa shape index (κ3) is 7.46. The first-order valence-corrected chi connectivity index (χ1v) is 16.4. The molecule has 3 aromatic rings. The molecule has 1 saturated carbocycles. The molecule has 7 nitrogen and oxygen atoms in total. The van der Waals surface area contributed by atoms with Crippen molar-refractivity contribution in [3.63, 3.8) is 0 Å². The van der Waals surface area contributed by atoms with E-state index in [1.807, 2.05) is 19.9 Å². The number of benzene rings is 3. The fraction of sp³-hybridized carbons (Fsp3) is 0.375. The number of hydrogen-bond acceptors (Lipinski definition) is 4. The highest BCUT2D eigenvalue weighted by molar-refractivity contribution is 7.92. The summed E-state index contributed by atoms with van der Waals surface area (Å²) in [5, 5.41) is 3.90. The fourth-order valence-corrected chi connectivity index (χ4v) is 7.18. The van der Waals surface area contributed by atoms with Gasteiger partial charge in [-0.1, -0.05) is 78.9 Å². The standard InChI is InChI=1S/C32H37Cl2N3O4S/c1-22-11-10-16-30(23(22)2)37(42(40,41)28-14-8-5-9-15-28)21-31(38)36(20-25-17-18-26(33)19-29(25)34)24(3)32(39)35-27-12-6-4-7-13-27/h5,8-11,14-19,24,27H,4,6-7,12-13,20-21H2,1-3H3,(H,35,39)/t24-/m0/s1. The Morgan fingerprint density at radius 3 is 2.31 bits per heavy atom. The minimum atomic E-state index is -4.14. The molecular formula is C32H37Cl2N3O4S. The molecule has 224 valence electrons. The average molecular weight is 631 g/mol. The predicted molar refractivity (Wildman–Crippen MR) is 168 cm³/mol. The molecule has 1 aliphatic rings. The molecule has 0 bridgehead atoms. The maximum absolute atomic E-state index is 14.2. The van der Waals surface area contributed by atoms with Crippen LogP contribution in [0.4, 0.5) is 5.69 Å². The normalized spacial score (nSPS) is 14.7. The van der Waals surface area contributed by atoms with Crippen molar-refractivity contribution in [1.29, 1.82) is 0 Å². The van der Waals surface area contributed by atoms with E-state index in [0.29, 0.717) is 21.3 Å². The molecule has 0 unspecified atom stereocenters. The highest BCUT2D eigenvalue weighted by Gasteiger charge is 2.34. The van der Waals surface area contributed by atoms with Gasteiger partial charge in [0.05, 0.1) is 10.6 Å². The zero-order chi connectivity index (χ0) is 30.4. The minimum absolute atomic E-state index is 0.000112. The topological polar surface area (TPSA) is 86.8 Å². The Labute approximate surface area is 258 Å². The van der Waals surface area contributed by atoms with Crippen LogP contribution in [0.3, 0.4) is 0 Å². The summed E-state index contributed by atoms with van der Waals surface area (Å²) < 4.78 is 29.2. The highest BCUT2D eigenvalue weighted by Crippen LogP contribution is 2.30. The number of amides is 2. The highest BCUT2D eigenvalue weighted by atomic mass is 35.5. The number of carbonyl (C=O) groups is 2. The van der Waals surface area contributed by atoms with E-state index >= 15 is 0 Å². The second-order valence-electron chi connectivity index (χ2n) is 10.8. The molecule has 1 aliphatic carbocycles. The molecular weight excluding hydrogens is 593 g/mol. The predicted octanol–water partition coefficient (Wildman–Crippen LogP) is 6.67. The number of halogens is 2. The fourth-order valence-electron chi connectivity index (χ4n) is 5.22. The molecule has 0 spiro atoms. The second kappa shape index (κ2) is 13.9. The van der Waals surface area contributed by atoms with E-state index in [0.717, 1.165) is 47.5 Å². The van der Waals surface area contributed by atoms with Gasteiger partial charge < -0.3 is 10.2 Å². The maximum atomic E-state index is 14.2. The maximum Gasteiger partial charge on any atom is 0.264 e. The Morgan fingerprint density at radius 2 is 1.64 bits per heavy atom. The number of nitrogens with one attached hydrogen (secondary N) is 1. The van der Waals surface area contributed by atoms with Crippen molar-refractivity contribution in [3.8, 4) is 0 Å². The molecule has 3 aromatic carbocycles. The van der Waals surface area contributed by atoms with Crippen LogP contribution >= 0.6 is 23.2 Å². The lowest BCUT2D eigenvalue weighted by molar-refractivity contribution is -0.139. The van der Waals surface area contributed by atoms with E-state index in [-0.39, 0.29) is 23.4 Å². The van der Waals surface area contributed by atoms with Crippen molar-refractivity contribution in [1.82, 2.24) is 10.2 Å². The molecule has 1 fully saturated rings. The molecule has 0 aliphatic heterocycles. The van der Waals surface area contributed by atoms with Gasteiger partial charge in [-0.3, -0.25) is 13.9 Å². The molecule has 0 saturated heterocycles. The first-order valence-electron chi connectivity index (χ1n) is 14.2. The van der Waals surface area contributed by atoms with Crippen LogP contribution in [0.1, 0.15) is 55.7 Å².